The standard InChI is InChI=1S/C14H11F4NO6S/c1-3-24-11-8-5-4-7(13(20)23-2)6-9(8)19-12(10(11)15)25-26(21,22)14(16,17)18/h4-6H,3H2,1-2H3. The molecule has 0 spiro atoms. The van der Waals surface area contributed by atoms with Crippen molar-refractivity contribution in [2.45, 2.75) is 12.4 Å². The maximum Gasteiger partial charge on any atom is 0.534 e. The van der Waals surface area contributed by atoms with Crippen molar-refractivity contribution in [3.05, 3.63) is 29.6 Å². The summed E-state index contributed by atoms with van der Waals surface area (Å²) in [6, 6.07) is 3.55. The molecule has 12 heteroatoms. The van der Waals surface area contributed by atoms with E-state index >= 15 is 0 Å². The summed E-state index contributed by atoms with van der Waals surface area (Å²) in [7, 11) is -5.06. The van der Waals surface area contributed by atoms with Crippen LogP contribution < -0.4 is 8.92 Å². The maximum absolute atomic E-state index is 14.4. The van der Waals surface area contributed by atoms with Gasteiger partial charge in [-0.05, 0) is 25.1 Å². The van der Waals surface area contributed by atoms with Crippen molar-refractivity contribution >= 4 is 27.0 Å². The summed E-state index contributed by atoms with van der Waals surface area (Å²) < 4.78 is 87.4. The number of methoxy groups -OCH3 is 1. The van der Waals surface area contributed by atoms with E-state index in [2.05, 4.69) is 13.9 Å². The van der Waals surface area contributed by atoms with Crippen LogP contribution in [-0.2, 0) is 14.9 Å². The van der Waals surface area contributed by atoms with Gasteiger partial charge < -0.3 is 13.7 Å². The lowest BCUT2D eigenvalue weighted by Crippen LogP contribution is -2.28. The number of rotatable bonds is 5. The second-order valence-corrected chi connectivity index (χ2v) is 6.24. The Bertz CT molecular complexity index is 958. The summed E-state index contributed by atoms with van der Waals surface area (Å²) in [6.07, 6.45) is 0. The molecule has 1 aromatic heterocycles. The van der Waals surface area contributed by atoms with Crippen LogP contribution in [0.2, 0.25) is 0 Å². The SMILES string of the molecule is CCOc1c(F)c(OS(=O)(=O)C(F)(F)F)nc2cc(C(=O)OC)ccc12. The molecule has 0 aliphatic rings. The Morgan fingerprint density at radius 2 is 1.92 bits per heavy atom. The van der Waals surface area contributed by atoms with Gasteiger partial charge in [-0.25, -0.2) is 9.78 Å². The zero-order valence-corrected chi connectivity index (χ0v) is 14.1. The van der Waals surface area contributed by atoms with Crippen LogP contribution in [0.4, 0.5) is 17.6 Å². The highest BCUT2D eigenvalue weighted by Crippen LogP contribution is 2.36. The monoisotopic (exact) mass is 397 g/mol. The van der Waals surface area contributed by atoms with Crippen molar-refractivity contribution in [1.82, 2.24) is 4.98 Å². The zero-order chi connectivity index (χ0) is 19.7. The second-order valence-electron chi connectivity index (χ2n) is 4.70. The maximum atomic E-state index is 14.4. The molecule has 7 nitrogen and oxygen atoms in total. The van der Waals surface area contributed by atoms with Gasteiger partial charge in [0.1, 0.15) is 0 Å². The lowest BCUT2D eigenvalue weighted by molar-refractivity contribution is -0.0502. The van der Waals surface area contributed by atoms with Crippen molar-refractivity contribution in [3.63, 3.8) is 0 Å². The van der Waals surface area contributed by atoms with Crippen LogP contribution in [0.3, 0.4) is 0 Å². The molecule has 142 valence electrons. The number of pyridine rings is 1. The third-order valence-electron chi connectivity index (χ3n) is 3.03. The van der Waals surface area contributed by atoms with Crippen molar-refractivity contribution in [1.29, 1.82) is 0 Å². The number of aromatic nitrogens is 1. The molecule has 0 atom stereocenters. The van der Waals surface area contributed by atoms with Crippen LogP contribution in [0.15, 0.2) is 18.2 Å². The number of nitrogens with zero attached hydrogens (tertiary/aromatic N) is 1. The van der Waals surface area contributed by atoms with Gasteiger partial charge >= 0.3 is 21.6 Å². The number of hydrogen-bond donors (Lipinski definition) is 0. The molecule has 2 aromatic rings. The van der Waals surface area contributed by atoms with Gasteiger partial charge in [-0.1, -0.05) is 0 Å². The predicted octanol–water partition coefficient (Wildman–Crippen LogP) is 2.79. The van der Waals surface area contributed by atoms with Gasteiger partial charge in [-0.2, -0.15) is 26.0 Å². The Hall–Kier alpha value is -2.63. The lowest BCUT2D eigenvalue weighted by Gasteiger charge is -2.14. The number of fused-ring (bicyclic) bond motifs is 1. The molecule has 0 fully saturated rings. The van der Waals surface area contributed by atoms with Crippen LogP contribution in [-0.4, -0.2) is 38.6 Å². The molecular formula is C14H11F4NO6S. The first-order valence-electron chi connectivity index (χ1n) is 6.87. The predicted molar refractivity (Wildman–Crippen MR) is 79.8 cm³/mol. The van der Waals surface area contributed by atoms with Gasteiger partial charge in [-0.3, -0.25) is 0 Å². The third kappa shape index (κ3) is 3.64. The second kappa shape index (κ2) is 6.94. The van der Waals surface area contributed by atoms with E-state index in [1.165, 1.54) is 19.1 Å². The highest BCUT2D eigenvalue weighted by Gasteiger charge is 2.49. The fourth-order valence-corrected chi connectivity index (χ4v) is 2.34. The summed E-state index contributed by atoms with van der Waals surface area (Å²) in [4.78, 5) is 15.0. The minimum absolute atomic E-state index is 0.00578. The Morgan fingerprint density at radius 3 is 2.46 bits per heavy atom. The van der Waals surface area contributed by atoms with E-state index in [4.69, 9.17) is 4.74 Å². The molecule has 0 amide bonds. The molecule has 0 aliphatic heterocycles. The third-order valence-corrected chi connectivity index (χ3v) is 3.98. The number of hydrogen-bond acceptors (Lipinski definition) is 7. The molecule has 0 aliphatic carbocycles. The average molecular weight is 397 g/mol. The molecule has 0 radical (unpaired) electrons. The molecule has 1 aromatic carbocycles. The minimum Gasteiger partial charge on any atom is -0.490 e. The van der Waals surface area contributed by atoms with Crippen molar-refractivity contribution < 1.29 is 44.4 Å². The summed E-state index contributed by atoms with van der Waals surface area (Å²) in [5.41, 5.74) is -6.06. The molecule has 0 bridgehead atoms. The van der Waals surface area contributed by atoms with Gasteiger partial charge in [0.2, 0.25) is 5.82 Å². The van der Waals surface area contributed by atoms with Crippen LogP contribution in [0.25, 0.3) is 10.9 Å². The van der Waals surface area contributed by atoms with E-state index in [1.807, 2.05) is 0 Å². The number of benzene rings is 1. The number of esters is 1. The first-order chi connectivity index (χ1) is 12.0. The quantitative estimate of drug-likeness (QED) is 0.332. The van der Waals surface area contributed by atoms with E-state index in [1.54, 1.807) is 0 Å². The topological polar surface area (TPSA) is 91.8 Å². The van der Waals surface area contributed by atoms with E-state index in [9.17, 15) is 30.8 Å². The molecule has 2 rings (SSSR count). The summed E-state index contributed by atoms with van der Waals surface area (Å²) in [5.74, 6) is -4.35. The van der Waals surface area contributed by atoms with Crippen LogP contribution >= 0.6 is 0 Å². The summed E-state index contributed by atoms with van der Waals surface area (Å²) in [5, 5.41) is -0.00578. The van der Waals surface area contributed by atoms with Crippen molar-refractivity contribution in [2.75, 3.05) is 13.7 Å². The Morgan fingerprint density at radius 1 is 1.27 bits per heavy atom. The molecule has 0 saturated heterocycles. The number of carbonyl (C=O) groups is 1. The molecule has 0 N–H and O–H groups in total. The minimum atomic E-state index is -6.15. The largest absolute Gasteiger partial charge is 0.534 e. The number of ether oxygens (including phenoxy) is 2. The highest BCUT2D eigenvalue weighted by atomic mass is 32.2. The molecule has 0 unspecified atom stereocenters. The fraction of sp³-hybridized carbons (Fsp3) is 0.286. The zero-order valence-electron chi connectivity index (χ0n) is 13.3. The van der Waals surface area contributed by atoms with E-state index in [0.29, 0.717) is 0 Å². The fourth-order valence-electron chi connectivity index (χ4n) is 1.93. The smallest absolute Gasteiger partial charge is 0.490 e. The van der Waals surface area contributed by atoms with Crippen LogP contribution in [0, 0.1) is 5.82 Å². The normalized spacial score (nSPS) is 12.1. The van der Waals surface area contributed by atoms with Gasteiger partial charge in [0.25, 0.3) is 5.88 Å². The highest BCUT2D eigenvalue weighted by molar-refractivity contribution is 7.87. The number of carbonyl (C=O) groups excluding carboxylic acids is 1. The van der Waals surface area contributed by atoms with Gasteiger partial charge in [0, 0.05) is 5.39 Å². The molecule has 0 saturated carbocycles. The Labute approximate surface area is 144 Å². The number of alkyl halides is 3. The number of halogens is 4. The summed E-state index contributed by atoms with van der Waals surface area (Å²) >= 11 is 0. The Kier molecular flexibility index (Phi) is 5.26. The van der Waals surface area contributed by atoms with Crippen LogP contribution in [0.1, 0.15) is 17.3 Å². The lowest BCUT2D eigenvalue weighted by atomic mass is 10.1. The van der Waals surface area contributed by atoms with Gasteiger partial charge in [-0.15, -0.1) is 0 Å². The van der Waals surface area contributed by atoms with E-state index in [0.717, 1.165) is 13.2 Å². The van der Waals surface area contributed by atoms with Gasteiger partial charge in [0.15, 0.2) is 5.75 Å². The molecule has 1 heterocycles. The average Bonchev–Trinajstić information content (AvgIpc) is 2.56. The first-order valence-corrected chi connectivity index (χ1v) is 8.27. The van der Waals surface area contributed by atoms with E-state index in [-0.39, 0.29) is 23.1 Å². The van der Waals surface area contributed by atoms with Crippen molar-refractivity contribution in [3.8, 4) is 11.6 Å². The first kappa shape index (κ1) is 19.7. The van der Waals surface area contributed by atoms with E-state index < -0.39 is 39.0 Å². The molecule has 26 heavy (non-hydrogen) atoms. The van der Waals surface area contributed by atoms with Crippen molar-refractivity contribution in [2.24, 2.45) is 0 Å². The van der Waals surface area contributed by atoms with Gasteiger partial charge in [0.05, 0.1) is 24.8 Å². The Balaban J connectivity index is 2.70. The van der Waals surface area contributed by atoms with Crippen LogP contribution in [0.5, 0.6) is 11.6 Å². The molecular weight excluding hydrogens is 386 g/mol. The summed E-state index contributed by atoms with van der Waals surface area (Å²) in [6.45, 7) is 1.39.